The van der Waals surface area contributed by atoms with Crippen LogP contribution in [-0.4, -0.2) is 44.0 Å². The standard InChI is InChI=1S/C18H23N3O4/c1-13(16-8-5-9-25-16)19-17(22)11-21(2)12-18(23)20-14-6-4-7-15(10-14)24-3/h4-10,13H,11-12H2,1-3H3,(H,19,22)(H,20,23). The van der Waals surface area contributed by atoms with E-state index in [1.165, 1.54) is 0 Å². The van der Waals surface area contributed by atoms with Gasteiger partial charge in [0.1, 0.15) is 11.5 Å². The Bertz CT molecular complexity index is 700. The second-order valence-corrected chi connectivity index (χ2v) is 5.76. The largest absolute Gasteiger partial charge is 0.497 e. The minimum atomic E-state index is -0.221. The summed E-state index contributed by atoms with van der Waals surface area (Å²) >= 11 is 0. The highest BCUT2D eigenvalue weighted by atomic mass is 16.5. The first kappa shape index (κ1) is 18.5. The lowest BCUT2D eigenvalue weighted by atomic mass is 10.2. The van der Waals surface area contributed by atoms with Crippen molar-refractivity contribution >= 4 is 17.5 Å². The van der Waals surface area contributed by atoms with Crippen molar-refractivity contribution in [1.82, 2.24) is 10.2 Å². The van der Waals surface area contributed by atoms with Crippen molar-refractivity contribution in [3.05, 3.63) is 48.4 Å². The van der Waals surface area contributed by atoms with Crippen molar-refractivity contribution in [2.24, 2.45) is 0 Å². The molecule has 0 aliphatic heterocycles. The van der Waals surface area contributed by atoms with Gasteiger partial charge in [0.15, 0.2) is 0 Å². The van der Waals surface area contributed by atoms with E-state index >= 15 is 0 Å². The highest BCUT2D eigenvalue weighted by Gasteiger charge is 2.15. The fourth-order valence-corrected chi connectivity index (χ4v) is 2.34. The van der Waals surface area contributed by atoms with Gasteiger partial charge in [-0.3, -0.25) is 14.5 Å². The van der Waals surface area contributed by atoms with E-state index in [1.807, 2.05) is 6.92 Å². The molecule has 7 heteroatoms. The van der Waals surface area contributed by atoms with Gasteiger partial charge in [0.25, 0.3) is 0 Å². The number of ether oxygens (including phenoxy) is 1. The van der Waals surface area contributed by atoms with Crippen LogP contribution in [-0.2, 0) is 9.59 Å². The number of anilines is 1. The van der Waals surface area contributed by atoms with Crippen LogP contribution in [0, 0.1) is 0 Å². The number of hydrogen-bond acceptors (Lipinski definition) is 5. The lowest BCUT2D eigenvalue weighted by Gasteiger charge is -2.18. The van der Waals surface area contributed by atoms with E-state index in [2.05, 4.69) is 10.6 Å². The fraction of sp³-hybridized carbons (Fsp3) is 0.333. The molecule has 1 atom stereocenters. The quantitative estimate of drug-likeness (QED) is 0.765. The van der Waals surface area contributed by atoms with Crippen LogP contribution in [0.2, 0.25) is 0 Å². The minimum absolute atomic E-state index is 0.0970. The van der Waals surface area contributed by atoms with Crippen molar-refractivity contribution in [2.75, 3.05) is 32.6 Å². The second kappa shape index (κ2) is 8.89. The van der Waals surface area contributed by atoms with Crippen LogP contribution >= 0.6 is 0 Å². The van der Waals surface area contributed by atoms with Gasteiger partial charge >= 0.3 is 0 Å². The average Bonchev–Trinajstić information content (AvgIpc) is 3.09. The molecule has 2 aromatic rings. The summed E-state index contributed by atoms with van der Waals surface area (Å²) < 4.78 is 10.4. The topological polar surface area (TPSA) is 83.8 Å². The third-order valence-corrected chi connectivity index (χ3v) is 3.53. The molecule has 1 aromatic carbocycles. The molecule has 2 N–H and O–H groups in total. The molecule has 0 aliphatic carbocycles. The van der Waals surface area contributed by atoms with Gasteiger partial charge in [-0.1, -0.05) is 6.07 Å². The summed E-state index contributed by atoms with van der Waals surface area (Å²) in [6, 6.07) is 10.5. The smallest absolute Gasteiger partial charge is 0.238 e. The summed E-state index contributed by atoms with van der Waals surface area (Å²) in [5.74, 6) is 0.965. The molecule has 1 aromatic heterocycles. The van der Waals surface area contributed by atoms with Gasteiger partial charge < -0.3 is 19.8 Å². The molecule has 0 spiro atoms. The zero-order valence-electron chi connectivity index (χ0n) is 14.6. The lowest BCUT2D eigenvalue weighted by molar-refractivity contribution is -0.123. The number of carbonyl (C=O) groups is 2. The van der Waals surface area contributed by atoms with Crippen molar-refractivity contribution in [3.63, 3.8) is 0 Å². The maximum absolute atomic E-state index is 12.1. The lowest BCUT2D eigenvalue weighted by Crippen LogP contribution is -2.39. The van der Waals surface area contributed by atoms with Crippen molar-refractivity contribution in [3.8, 4) is 5.75 Å². The summed E-state index contributed by atoms with van der Waals surface area (Å²) in [5.41, 5.74) is 0.647. The number of benzene rings is 1. The van der Waals surface area contributed by atoms with Gasteiger partial charge in [0.2, 0.25) is 11.8 Å². The Morgan fingerprint density at radius 2 is 1.96 bits per heavy atom. The first-order valence-electron chi connectivity index (χ1n) is 7.93. The van der Waals surface area contributed by atoms with E-state index in [-0.39, 0.29) is 30.9 Å². The Kier molecular flexibility index (Phi) is 6.59. The number of nitrogens with one attached hydrogen (secondary N) is 2. The molecule has 0 saturated heterocycles. The molecule has 1 heterocycles. The molecule has 134 valence electrons. The fourth-order valence-electron chi connectivity index (χ4n) is 2.34. The predicted molar refractivity (Wildman–Crippen MR) is 94.4 cm³/mol. The summed E-state index contributed by atoms with van der Waals surface area (Å²) in [7, 11) is 3.28. The molecule has 0 bridgehead atoms. The molecule has 0 radical (unpaired) electrons. The van der Waals surface area contributed by atoms with E-state index in [0.717, 1.165) is 0 Å². The van der Waals surface area contributed by atoms with Crippen LogP contribution in [0.3, 0.4) is 0 Å². The van der Waals surface area contributed by atoms with Crippen LogP contribution in [0.5, 0.6) is 5.75 Å². The first-order valence-corrected chi connectivity index (χ1v) is 7.93. The number of methoxy groups -OCH3 is 1. The normalized spacial score (nSPS) is 11.8. The minimum Gasteiger partial charge on any atom is -0.497 e. The Hall–Kier alpha value is -2.80. The van der Waals surface area contributed by atoms with Crippen LogP contribution in [0.1, 0.15) is 18.7 Å². The monoisotopic (exact) mass is 345 g/mol. The van der Waals surface area contributed by atoms with Gasteiger partial charge in [0, 0.05) is 11.8 Å². The number of furan rings is 1. The number of amides is 2. The highest BCUT2D eigenvalue weighted by Crippen LogP contribution is 2.16. The molecule has 25 heavy (non-hydrogen) atoms. The molecule has 0 aliphatic rings. The number of rotatable bonds is 8. The summed E-state index contributed by atoms with van der Waals surface area (Å²) in [6.45, 7) is 2.04. The van der Waals surface area contributed by atoms with E-state index in [1.54, 1.807) is 61.7 Å². The van der Waals surface area contributed by atoms with E-state index in [4.69, 9.17) is 9.15 Å². The summed E-state index contributed by atoms with van der Waals surface area (Å²) in [6.07, 6.45) is 1.56. The molecular weight excluding hydrogens is 322 g/mol. The predicted octanol–water partition coefficient (Wildman–Crippen LogP) is 2.04. The Morgan fingerprint density at radius 1 is 1.20 bits per heavy atom. The van der Waals surface area contributed by atoms with Gasteiger partial charge in [0.05, 0.1) is 32.5 Å². The first-order chi connectivity index (χ1) is 12.0. The van der Waals surface area contributed by atoms with E-state index in [0.29, 0.717) is 17.2 Å². The molecule has 0 saturated carbocycles. The average molecular weight is 345 g/mol. The zero-order valence-corrected chi connectivity index (χ0v) is 14.6. The van der Waals surface area contributed by atoms with Crippen molar-refractivity contribution in [1.29, 1.82) is 0 Å². The third kappa shape index (κ3) is 5.96. The van der Waals surface area contributed by atoms with Crippen molar-refractivity contribution in [2.45, 2.75) is 13.0 Å². The van der Waals surface area contributed by atoms with Crippen LogP contribution in [0.15, 0.2) is 47.1 Å². The Morgan fingerprint density at radius 3 is 2.64 bits per heavy atom. The van der Waals surface area contributed by atoms with Gasteiger partial charge in [-0.15, -0.1) is 0 Å². The zero-order chi connectivity index (χ0) is 18.2. The second-order valence-electron chi connectivity index (χ2n) is 5.76. The molecule has 1 unspecified atom stereocenters. The molecule has 2 amide bonds. The summed E-state index contributed by atoms with van der Waals surface area (Å²) in [4.78, 5) is 25.8. The summed E-state index contributed by atoms with van der Waals surface area (Å²) in [5, 5.41) is 5.61. The molecule has 2 rings (SSSR count). The van der Waals surface area contributed by atoms with E-state index < -0.39 is 0 Å². The maximum atomic E-state index is 12.1. The molecular formula is C18H23N3O4. The van der Waals surface area contributed by atoms with Crippen LogP contribution in [0.4, 0.5) is 5.69 Å². The third-order valence-electron chi connectivity index (χ3n) is 3.53. The SMILES string of the molecule is COc1cccc(NC(=O)CN(C)CC(=O)NC(C)c2ccco2)c1. The number of hydrogen-bond donors (Lipinski definition) is 2. The molecule has 0 fully saturated rings. The van der Waals surface area contributed by atoms with Gasteiger partial charge in [-0.25, -0.2) is 0 Å². The number of carbonyl (C=O) groups excluding carboxylic acids is 2. The van der Waals surface area contributed by atoms with Crippen molar-refractivity contribution < 1.29 is 18.7 Å². The van der Waals surface area contributed by atoms with Gasteiger partial charge in [-0.2, -0.15) is 0 Å². The van der Waals surface area contributed by atoms with Crippen LogP contribution in [0.25, 0.3) is 0 Å². The maximum Gasteiger partial charge on any atom is 0.238 e. The number of likely N-dealkylation sites (N-methyl/N-ethyl adjacent to an activating group) is 1. The Labute approximate surface area is 146 Å². The number of nitrogens with zero attached hydrogens (tertiary/aromatic N) is 1. The highest BCUT2D eigenvalue weighted by molar-refractivity contribution is 5.92. The van der Waals surface area contributed by atoms with Crippen LogP contribution < -0.4 is 15.4 Å². The molecule has 7 nitrogen and oxygen atoms in total. The Balaban J connectivity index is 1.77. The van der Waals surface area contributed by atoms with Gasteiger partial charge in [-0.05, 0) is 38.2 Å². The van der Waals surface area contributed by atoms with E-state index in [9.17, 15) is 9.59 Å².